The van der Waals surface area contributed by atoms with E-state index in [-0.39, 0.29) is 18.1 Å². The van der Waals surface area contributed by atoms with Gasteiger partial charge in [0.25, 0.3) is 0 Å². The van der Waals surface area contributed by atoms with Crippen LogP contribution in [0.4, 0.5) is 0 Å². The first-order valence-corrected chi connectivity index (χ1v) is 8.50. The molecule has 0 aliphatic rings. The van der Waals surface area contributed by atoms with Crippen molar-refractivity contribution in [3.05, 3.63) is 28.8 Å². The highest BCUT2D eigenvalue weighted by molar-refractivity contribution is 7.91. The smallest absolute Gasteiger partial charge is 0.153 e. The summed E-state index contributed by atoms with van der Waals surface area (Å²) in [6, 6.07) is 5.43. The van der Waals surface area contributed by atoms with Crippen molar-refractivity contribution in [1.82, 2.24) is 0 Å². The molecule has 0 spiro atoms. The summed E-state index contributed by atoms with van der Waals surface area (Å²) in [5, 5.41) is 0.485. The minimum atomic E-state index is -3.03. The van der Waals surface area contributed by atoms with Crippen LogP contribution in [0.1, 0.15) is 18.9 Å². The number of para-hydroxylation sites is 1. The summed E-state index contributed by atoms with van der Waals surface area (Å²) in [6.07, 6.45) is 1.27. The molecule has 0 fully saturated rings. The Morgan fingerprint density at radius 2 is 2.05 bits per heavy atom. The first-order valence-electron chi connectivity index (χ1n) is 6.31. The highest BCUT2D eigenvalue weighted by Crippen LogP contribution is 2.28. The lowest BCUT2D eigenvalue weighted by Crippen LogP contribution is -2.17. The van der Waals surface area contributed by atoms with Crippen LogP contribution < -0.4 is 10.5 Å². The monoisotopic (exact) mass is 305 g/mol. The van der Waals surface area contributed by atoms with Gasteiger partial charge < -0.3 is 10.5 Å². The average Bonchev–Trinajstić information content (AvgIpc) is 2.33. The molecule has 0 saturated heterocycles. The van der Waals surface area contributed by atoms with Crippen LogP contribution in [0.5, 0.6) is 5.75 Å². The molecule has 0 atom stereocenters. The fraction of sp³-hybridized carbons (Fsp3) is 0.538. The van der Waals surface area contributed by atoms with Crippen molar-refractivity contribution in [2.24, 2.45) is 5.73 Å². The van der Waals surface area contributed by atoms with Gasteiger partial charge in [-0.1, -0.05) is 30.7 Å². The Labute approximate surface area is 119 Å². The molecule has 0 heterocycles. The Hall–Kier alpha value is -0.780. The van der Waals surface area contributed by atoms with Gasteiger partial charge in [-0.2, -0.15) is 0 Å². The molecule has 4 nitrogen and oxygen atoms in total. The number of hydrogen-bond acceptors (Lipinski definition) is 4. The summed E-state index contributed by atoms with van der Waals surface area (Å²) in [5.41, 5.74) is 6.43. The van der Waals surface area contributed by atoms with Gasteiger partial charge in [-0.15, -0.1) is 0 Å². The van der Waals surface area contributed by atoms with Crippen LogP contribution in [0.3, 0.4) is 0 Å². The number of rotatable bonds is 8. The molecule has 6 heteroatoms. The third kappa shape index (κ3) is 5.38. The van der Waals surface area contributed by atoms with E-state index in [4.69, 9.17) is 22.1 Å². The van der Waals surface area contributed by atoms with Crippen molar-refractivity contribution in [1.29, 1.82) is 0 Å². The third-order valence-electron chi connectivity index (χ3n) is 2.62. The Balaban J connectivity index is 2.67. The fourth-order valence-corrected chi connectivity index (χ4v) is 3.16. The summed E-state index contributed by atoms with van der Waals surface area (Å²) >= 11 is 6.06. The minimum Gasteiger partial charge on any atom is -0.491 e. The first-order chi connectivity index (χ1) is 9.00. The topological polar surface area (TPSA) is 69.4 Å². The molecule has 0 unspecified atom stereocenters. The maximum Gasteiger partial charge on any atom is 0.153 e. The summed E-state index contributed by atoms with van der Waals surface area (Å²) in [6.45, 7) is 2.44. The van der Waals surface area contributed by atoms with Gasteiger partial charge in [-0.3, -0.25) is 0 Å². The molecular formula is C13H20ClNO3S. The van der Waals surface area contributed by atoms with E-state index in [0.717, 1.165) is 5.56 Å². The summed E-state index contributed by atoms with van der Waals surface area (Å²) in [5.74, 6) is 0.740. The zero-order chi connectivity index (χ0) is 14.3. The maximum absolute atomic E-state index is 11.6. The maximum atomic E-state index is 11.6. The Morgan fingerprint density at radius 1 is 1.32 bits per heavy atom. The van der Waals surface area contributed by atoms with Gasteiger partial charge in [0.15, 0.2) is 9.84 Å². The molecule has 19 heavy (non-hydrogen) atoms. The van der Waals surface area contributed by atoms with Crippen LogP contribution in [0.2, 0.25) is 5.02 Å². The summed E-state index contributed by atoms with van der Waals surface area (Å²) < 4.78 is 28.7. The second kappa shape index (κ2) is 7.72. The standard InChI is InChI=1S/C13H20ClNO3S/c1-2-9-19(16,17)10-8-18-13-11(6-7-15)4-3-5-12(13)14/h3-5H,2,6-10,15H2,1H3. The van der Waals surface area contributed by atoms with Crippen molar-refractivity contribution in [3.63, 3.8) is 0 Å². The molecular weight excluding hydrogens is 286 g/mol. The number of ether oxygens (including phenoxy) is 1. The highest BCUT2D eigenvalue weighted by atomic mass is 35.5. The molecule has 0 amide bonds. The molecule has 0 aliphatic heterocycles. The molecule has 0 saturated carbocycles. The Bertz CT molecular complexity index is 503. The SMILES string of the molecule is CCCS(=O)(=O)CCOc1c(Cl)cccc1CCN. The normalized spacial score (nSPS) is 11.5. The summed E-state index contributed by atoms with van der Waals surface area (Å²) in [4.78, 5) is 0. The van der Waals surface area contributed by atoms with E-state index < -0.39 is 9.84 Å². The van der Waals surface area contributed by atoms with Gasteiger partial charge in [-0.25, -0.2) is 8.42 Å². The Kier molecular flexibility index (Phi) is 6.62. The second-order valence-corrected chi connectivity index (χ2v) is 6.98. The quantitative estimate of drug-likeness (QED) is 0.798. The van der Waals surface area contributed by atoms with Crippen LogP contribution in [-0.4, -0.2) is 33.1 Å². The van der Waals surface area contributed by atoms with E-state index in [9.17, 15) is 8.42 Å². The molecule has 1 rings (SSSR count). The van der Waals surface area contributed by atoms with Crippen LogP contribution in [0, 0.1) is 0 Å². The van der Waals surface area contributed by atoms with Gasteiger partial charge in [0, 0.05) is 0 Å². The molecule has 2 N–H and O–H groups in total. The van der Waals surface area contributed by atoms with Gasteiger partial charge in [0.1, 0.15) is 12.4 Å². The lowest BCUT2D eigenvalue weighted by Gasteiger charge is -2.12. The highest BCUT2D eigenvalue weighted by Gasteiger charge is 2.12. The summed E-state index contributed by atoms with van der Waals surface area (Å²) in [7, 11) is -3.03. The Morgan fingerprint density at radius 3 is 2.68 bits per heavy atom. The van der Waals surface area contributed by atoms with Crippen LogP contribution in [0.25, 0.3) is 0 Å². The molecule has 0 aromatic heterocycles. The number of nitrogens with two attached hydrogens (primary N) is 1. The van der Waals surface area contributed by atoms with Crippen molar-refractivity contribution >= 4 is 21.4 Å². The molecule has 1 aromatic carbocycles. The van der Waals surface area contributed by atoms with Gasteiger partial charge in [0.2, 0.25) is 0 Å². The van der Waals surface area contributed by atoms with E-state index in [0.29, 0.717) is 30.2 Å². The van der Waals surface area contributed by atoms with E-state index in [1.165, 1.54) is 0 Å². The predicted octanol–water partition coefficient (Wildman–Crippen LogP) is 2.04. The number of benzene rings is 1. The molecule has 0 bridgehead atoms. The average molecular weight is 306 g/mol. The molecule has 1 aromatic rings. The van der Waals surface area contributed by atoms with E-state index in [1.807, 2.05) is 19.1 Å². The van der Waals surface area contributed by atoms with Gasteiger partial charge in [0.05, 0.1) is 16.5 Å². The van der Waals surface area contributed by atoms with E-state index >= 15 is 0 Å². The zero-order valence-corrected chi connectivity index (χ0v) is 12.6. The lowest BCUT2D eigenvalue weighted by atomic mass is 10.1. The largest absolute Gasteiger partial charge is 0.491 e. The van der Waals surface area contributed by atoms with Crippen LogP contribution in [0.15, 0.2) is 18.2 Å². The predicted molar refractivity (Wildman–Crippen MR) is 78.7 cm³/mol. The van der Waals surface area contributed by atoms with E-state index in [1.54, 1.807) is 6.07 Å². The number of halogens is 1. The number of sulfone groups is 1. The van der Waals surface area contributed by atoms with Crippen molar-refractivity contribution < 1.29 is 13.2 Å². The van der Waals surface area contributed by atoms with Crippen molar-refractivity contribution in [2.45, 2.75) is 19.8 Å². The molecule has 0 aliphatic carbocycles. The first kappa shape index (κ1) is 16.3. The molecule has 108 valence electrons. The van der Waals surface area contributed by atoms with E-state index in [2.05, 4.69) is 0 Å². The van der Waals surface area contributed by atoms with Gasteiger partial charge >= 0.3 is 0 Å². The number of hydrogen-bond donors (Lipinski definition) is 1. The van der Waals surface area contributed by atoms with Crippen molar-refractivity contribution in [2.75, 3.05) is 24.7 Å². The fourth-order valence-electron chi connectivity index (χ4n) is 1.75. The second-order valence-electron chi connectivity index (χ2n) is 4.27. The van der Waals surface area contributed by atoms with Crippen molar-refractivity contribution in [3.8, 4) is 5.75 Å². The van der Waals surface area contributed by atoms with Gasteiger partial charge in [-0.05, 0) is 31.0 Å². The minimum absolute atomic E-state index is 0.00806. The van der Waals surface area contributed by atoms with Crippen LogP contribution >= 0.6 is 11.6 Å². The lowest BCUT2D eigenvalue weighted by molar-refractivity contribution is 0.337. The third-order valence-corrected chi connectivity index (χ3v) is 4.73. The molecule has 0 radical (unpaired) electrons. The zero-order valence-electron chi connectivity index (χ0n) is 11.1. The van der Waals surface area contributed by atoms with Crippen LogP contribution in [-0.2, 0) is 16.3 Å².